The predicted molar refractivity (Wildman–Crippen MR) is 97.8 cm³/mol. The number of benzene rings is 2. The first-order valence-corrected chi connectivity index (χ1v) is 9.75. The van der Waals surface area contributed by atoms with Gasteiger partial charge in [0.1, 0.15) is 4.90 Å². The second-order valence-electron chi connectivity index (χ2n) is 6.01. The predicted octanol–water partition coefficient (Wildman–Crippen LogP) is 5.31. The van der Waals surface area contributed by atoms with Gasteiger partial charge in [0.2, 0.25) is 0 Å². The van der Waals surface area contributed by atoms with E-state index in [0.29, 0.717) is 10.2 Å². The normalized spacial score (nSPS) is 12.2. The minimum absolute atomic E-state index is 0.122. The van der Waals surface area contributed by atoms with Crippen molar-refractivity contribution in [3.63, 3.8) is 0 Å². The van der Waals surface area contributed by atoms with E-state index in [4.69, 9.17) is 0 Å². The molecule has 0 aliphatic carbocycles. The van der Waals surface area contributed by atoms with E-state index < -0.39 is 10.0 Å². The van der Waals surface area contributed by atoms with Gasteiger partial charge in [0.25, 0.3) is 10.0 Å². The molecule has 0 aromatic heterocycles. The topological polar surface area (TPSA) is 46.2 Å². The zero-order valence-corrected chi connectivity index (χ0v) is 16.5. The highest BCUT2D eigenvalue weighted by Gasteiger charge is 2.22. The Hall–Kier alpha value is -0.850. The molecule has 0 aliphatic rings. The summed E-state index contributed by atoms with van der Waals surface area (Å²) in [4.78, 5) is 0.239. The minimum Gasteiger partial charge on any atom is -0.280 e. The fourth-order valence-electron chi connectivity index (χ4n) is 1.90. The van der Waals surface area contributed by atoms with E-state index in [0.717, 1.165) is 10.0 Å². The standard InChI is InChI=1S/C16H17Br2NO2S/c1-16(2,3)11-4-9-14(18)15(10-11)22(20,21)19-13-7-5-12(17)6-8-13/h4-10,19H,1-3H3. The first-order chi connectivity index (χ1) is 10.1. The highest BCUT2D eigenvalue weighted by Crippen LogP contribution is 2.30. The van der Waals surface area contributed by atoms with Gasteiger partial charge in [-0.25, -0.2) is 8.42 Å². The molecule has 0 fully saturated rings. The summed E-state index contributed by atoms with van der Waals surface area (Å²) in [5, 5.41) is 0. The van der Waals surface area contributed by atoms with Crippen LogP contribution < -0.4 is 4.72 Å². The molecule has 2 rings (SSSR count). The van der Waals surface area contributed by atoms with Crippen LogP contribution in [0, 0.1) is 0 Å². The van der Waals surface area contributed by atoms with Crippen LogP contribution in [-0.4, -0.2) is 8.42 Å². The fraction of sp³-hybridized carbons (Fsp3) is 0.250. The average Bonchev–Trinajstić information content (AvgIpc) is 2.40. The highest BCUT2D eigenvalue weighted by molar-refractivity contribution is 9.10. The second kappa shape index (κ2) is 6.34. The Morgan fingerprint density at radius 1 is 0.955 bits per heavy atom. The van der Waals surface area contributed by atoms with E-state index in [1.807, 2.05) is 6.07 Å². The molecule has 2 aromatic carbocycles. The lowest BCUT2D eigenvalue weighted by molar-refractivity contribution is 0.584. The lowest BCUT2D eigenvalue weighted by atomic mass is 9.87. The van der Waals surface area contributed by atoms with Crippen LogP contribution in [0.5, 0.6) is 0 Å². The maximum atomic E-state index is 12.6. The Morgan fingerprint density at radius 3 is 2.09 bits per heavy atom. The smallest absolute Gasteiger partial charge is 0.263 e. The van der Waals surface area contributed by atoms with Crippen LogP contribution in [0.4, 0.5) is 5.69 Å². The third-order valence-corrected chi connectivity index (χ3v) is 6.09. The summed E-state index contributed by atoms with van der Waals surface area (Å²) in [6, 6.07) is 12.4. The number of rotatable bonds is 3. The average molecular weight is 447 g/mol. The molecule has 118 valence electrons. The number of anilines is 1. The van der Waals surface area contributed by atoms with E-state index in [2.05, 4.69) is 57.4 Å². The van der Waals surface area contributed by atoms with Gasteiger partial charge in [-0.3, -0.25) is 4.72 Å². The molecule has 0 bridgehead atoms. The summed E-state index contributed by atoms with van der Waals surface area (Å²) in [5.41, 5.74) is 1.37. The summed E-state index contributed by atoms with van der Waals surface area (Å²) in [6.07, 6.45) is 0. The van der Waals surface area contributed by atoms with Gasteiger partial charge in [-0.05, 0) is 63.3 Å². The zero-order chi connectivity index (χ0) is 16.5. The van der Waals surface area contributed by atoms with Gasteiger partial charge in [-0.15, -0.1) is 0 Å². The van der Waals surface area contributed by atoms with Crippen LogP contribution in [0.2, 0.25) is 0 Å². The summed E-state index contributed by atoms with van der Waals surface area (Å²) in [6.45, 7) is 6.15. The van der Waals surface area contributed by atoms with E-state index >= 15 is 0 Å². The number of nitrogens with one attached hydrogen (secondary N) is 1. The monoisotopic (exact) mass is 445 g/mol. The van der Waals surface area contributed by atoms with Crippen LogP contribution in [0.1, 0.15) is 26.3 Å². The first-order valence-electron chi connectivity index (χ1n) is 6.68. The zero-order valence-electron chi connectivity index (χ0n) is 12.5. The van der Waals surface area contributed by atoms with Crippen LogP contribution in [0.3, 0.4) is 0 Å². The van der Waals surface area contributed by atoms with E-state index in [-0.39, 0.29) is 10.3 Å². The number of sulfonamides is 1. The summed E-state index contributed by atoms with van der Waals surface area (Å²) in [5.74, 6) is 0. The van der Waals surface area contributed by atoms with Crippen LogP contribution in [-0.2, 0) is 15.4 Å². The molecular weight excluding hydrogens is 430 g/mol. The molecular formula is C16H17Br2NO2S. The van der Waals surface area contributed by atoms with E-state index in [1.54, 1.807) is 36.4 Å². The van der Waals surface area contributed by atoms with Crippen molar-refractivity contribution in [1.82, 2.24) is 0 Å². The van der Waals surface area contributed by atoms with Crippen molar-refractivity contribution in [2.75, 3.05) is 4.72 Å². The maximum Gasteiger partial charge on any atom is 0.263 e. The Balaban J connectivity index is 2.43. The number of hydrogen-bond acceptors (Lipinski definition) is 2. The number of hydrogen-bond donors (Lipinski definition) is 1. The Labute approximate surface area is 148 Å². The molecule has 0 saturated carbocycles. The van der Waals surface area contributed by atoms with Gasteiger partial charge >= 0.3 is 0 Å². The molecule has 0 aliphatic heterocycles. The maximum absolute atomic E-state index is 12.6. The molecule has 0 amide bonds. The minimum atomic E-state index is -3.65. The molecule has 0 atom stereocenters. The SMILES string of the molecule is CC(C)(C)c1ccc(Br)c(S(=O)(=O)Nc2ccc(Br)cc2)c1. The summed E-state index contributed by atoms with van der Waals surface area (Å²) < 4.78 is 29.3. The Kier molecular flexibility index (Phi) is 5.04. The molecule has 1 N–H and O–H groups in total. The third-order valence-electron chi connectivity index (χ3n) is 3.18. The van der Waals surface area contributed by atoms with Gasteiger partial charge in [-0.1, -0.05) is 42.8 Å². The summed E-state index contributed by atoms with van der Waals surface area (Å²) >= 11 is 6.66. The Morgan fingerprint density at radius 2 is 1.55 bits per heavy atom. The first kappa shape index (κ1) is 17.5. The van der Waals surface area contributed by atoms with Gasteiger partial charge in [-0.2, -0.15) is 0 Å². The molecule has 0 heterocycles. The molecule has 0 radical (unpaired) electrons. The molecule has 6 heteroatoms. The lowest BCUT2D eigenvalue weighted by Gasteiger charge is -2.20. The van der Waals surface area contributed by atoms with Crippen molar-refractivity contribution in [1.29, 1.82) is 0 Å². The molecule has 3 nitrogen and oxygen atoms in total. The van der Waals surface area contributed by atoms with Crippen LogP contribution in [0.25, 0.3) is 0 Å². The van der Waals surface area contributed by atoms with Crippen molar-refractivity contribution >= 4 is 47.6 Å². The molecule has 0 unspecified atom stereocenters. The largest absolute Gasteiger partial charge is 0.280 e. The highest BCUT2D eigenvalue weighted by atomic mass is 79.9. The number of halogens is 2. The Bertz CT molecular complexity index is 779. The van der Waals surface area contributed by atoms with Crippen molar-refractivity contribution in [2.45, 2.75) is 31.1 Å². The van der Waals surface area contributed by atoms with Gasteiger partial charge < -0.3 is 0 Å². The molecule has 0 saturated heterocycles. The van der Waals surface area contributed by atoms with Crippen molar-refractivity contribution in [2.24, 2.45) is 0 Å². The van der Waals surface area contributed by atoms with E-state index in [9.17, 15) is 8.42 Å². The van der Waals surface area contributed by atoms with Gasteiger partial charge in [0.05, 0.1) is 0 Å². The molecule has 2 aromatic rings. The van der Waals surface area contributed by atoms with E-state index in [1.165, 1.54) is 0 Å². The van der Waals surface area contributed by atoms with Crippen molar-refractivity contribution in [3.05, 3.63) is 57.0 Å². The second-order valence-corrected chi connectivity index (χ2v) is 9.43. The fourth-order valence-corrected chi connectivity index (χ4v) is 4.22. The van der Waals surface area contributed by atoms with Gasteiger partial charge in [0, 0.05) is 14.6 Å². The molecule has 0 spiro atoms. The van der Waals surface area contributed by atoms with Gasteiger partial charge in [0.15, 0.2) is 0 Å². The quantitative estimate of drug-likeness (QED) is 0.694. The van der Waals surface area contributed by atoms with Crippen LogP contribution in [0.15, 0.2) is 56.3 Å². The summed E-state index contributed by atoms with van der Waals surface area (Å²) in [7, 11) is -3.65. The van der Waals surface area contributed by atoms with Crippen molar-refractivity contribution < 1.29 is 8.42 Å². The lowest BCUT2D eigenvalue weighted by Crippen LogP contribution is -2.16. The van der Waals surface area contributed by atoms with Crippen molar-refractivity contribution in [3.8, 4) is 0 Å². The molecule has 22 heavy (non-hydrogen) atoms. The third kappa shape index (κ3) is 4.12. The van der Waals surface area contributed by atoms with Crippen LogP contribution >= 0.6 is 31.9 Å².